The van der Waals surface area contributed by atoms with E-state index in [1.165, 1.54) is 21.9 Å². The van der Waals surface area contributed by atoms with Crippen LogP contribution in [-0.2, 0) is 6.54 Å². The van der Waals surface area contributed by atoms with E-state index in [1.807, 2.05) is 18.4 Å². The maximum absolute atomic E-state index is 4.34. The third kappa shape index (κ3) is 5.22. The van der Waals surface area contributed by atoms with E-state index in [0.717, 1.165) is 36.6 Å². The fraction of sp³-hybridized carbons (Fsp3) is 0.421. The highest BCUT2D eigenvalue weighted by Crippen LogP contribution is 2.25. The molecular formula is C19H25BrN4S. The molecule has 1 unspecified atom stereocenters. The van der Waals surface area contributed by atoms with Gasteiger partial charge in [0.05, 0.1) is 6.54 Å². The monoisotopic (exact) mass is 420 g/mol. The van der Waals surface area contributed by atoms with Gasteiger partial charge >= 0.3 is 0 Å². The molecule has 1 aromatic heterocycles. The van der Waals surface area contributed by atoms with Crippen molar-refractivity contribution in [2.24, 2.45) is 10.9 Å². The van der Waals surface area contributed by atoms with E-state index in [1.54, 1.807) is 0 Å². The zero-order valence-corrected chi connectivity index (χ0v) is 17.2. The molecule has 1 saturated heterocycles. The van der Waals surface area contributed by atoms with E-state index in [9.17, 15) is 0 Å². The van der Waals surface area contributed by atoms with Crippen molar-refractivity contribution in [1.29, 1.82) is 0 Å². The number of aryl methyl sites for hydroxylation is 1. The van der Waals surface area contributed by atoms with Crippen LogP contribution < -0.4 is 15.5 Å². The van der Waals surface area contributed by atoms with Gasteiger partial charge in [-0.2, -0.15) is 0 Å². The van der Waals surface area contributed by atoms with Crippen LogP contribution in [-0.4, -0.2) is 32.6 Å². The number of hydrogen-bond acceptors (Lipinski definition) is 3. The molecule has 0 radical (unpaired) electrons. The van der Waals surface area contributed by atoms with E-state index in [4.69, 9.17) is 0 Å². The molecule has 2 aromatic rings. The maximum atomic E-state index is 4.34. The van der Waals surface area contributed by atoms with Crippen molar-refractivity contribution in [1.82, 2.24) is 10.6 Å². The fourth-order valence-electron chi connectivity index (χ4n) is 3.12. The Morgan fingerprint density at radius 3 is 2.92 bits per heavy atom. The standard InChI is InChI=1S/C19H25BrN4S/c1-14-6-7-18(25-14)12-23-19(21-2)22-11-15-8-9-24(13-15)17-5-3-4-16(20)10-17/h3-7,10,15H,8-9,11-13H2,1-2H3,(H2,21,22,23). The molecule has 6 heteroatoms. The highest BCUT2D eigenvalue weighted by molar-refractivity contribution is 9.10. The molecule has 25 heavy (non-hydrogen) atoms. The van der Waals surface area contributed by atoms with Crippen molar-refractivity contribution in [2.75, 3.05) is 31.6 Å². The molecule has 2 N–H and O–H groups in total. The Kier molecular flexibility index (Phi) is 6.37. The molecular weight excluding hydrogens is 396 g/mol. The van der Waals surface area contributed by atoms with Crippen LogP contribution in [0.2, 0.25) is 0 Å². The van der Waals surface area contributed by atoms with Crippen LogP contribution in [0.25, 0.3) is 0 Å². The van der Waals surface area contributed by atoms with Crippen molar-refractivity contribution in [3.63, 3.8) is 0 Å². The van der Waals surface area contributed by atoms with Gasteiger partial charge in [-0.25, -0.2) is 0 Å². The molecule has 0 bridgehead atoms. The first-order chi connectivity index (χ1) is 12.1. The van der Waals surface area contributed by atoms with Crippen molar-refractivity contribution in [2.45, 2.75) is 19.9 Å². The predicted octanol–water partition coefficient (Wildman–Crippen LogP) is 4.01. The Balaban J connectivity index is 1.45. The molecule has 1 atom stereocenters. The zero-order valence-electron chi connectivity index (χ0n) is 14.8. The maximum Gasteiger partial charge on any atom is 0.191 e. The third-order valence-electron chi connectivity index (χ3n) is 4.47. The van der Waals surface area contributed by atoms with Crippen molar-refractivity contribution >= 4 is 38.9 Å². The first-order valence-electron chi connectivity index (χ1n) is 8.64. The van der Waals surface area contributed by atoms with Gasteiger partial charge in [0, 0.05) is 46.6 Å². The number of halogens is 1. The summed E-state index contributed by atoms with van der Waals surface area (Å²) in [7, 11) is 1.83. The largest absolute Gasteiger partial charge is 0.371 e. The third-order valence-corrected chi connectivity index (χ3v) is 5.96. The SMILES string of the molecule is CN=C(NCc1ccc(C)s1)NCC1CCN(c2cccc(Br)c2)C1. The minimum atomic E-state index is 0.640. The van der Waals surface area contributed by atoms with Crippen LogP contribution in [0.5, 0.6) is 0 Å². The summed E-state index contributed by atoms with van der Waals surface area (Å²) in [4.78, 5) is 9.48. The number of nitrogens with one attached hydrogen (secondary N) is 2. The van der Waals surface area contributed by atoms with Gasteiger partial charge in [-0.15, -0.1) is 11.3 Å². The number of thiophene rings is 1. The summed E-state index contributed by atoms with van der Waals surface area (Å²) in [6, 6.07) is 12.9. The number of hydrogen-bond donors (Lipinski definition) is 2. The lowest BCUT2D eigenvalue weighted by atomic mass is 10.1. The van der Waals surface area contributed by atoms with Gasteiger partial charge in [-0.1, -0.05) is 22.0 Å². The minimum absolute atomic E-state index is 0.640. The highest BCUT2D eigenvalue weighted by atomic mass is 79.9. The van der Waals surface area contributed by atoms with Crippen LogP contribution in [0.15, 0.2) is 45.9 Å². The number of guanidine groups is 1. The van der Waals surface area contributed by atoms with Crippen molar-refractivity contribution in [3.8, 4) is 0 Å². The smallest absolute Gasteiger partial charge is 0.191 e. The van der Waals surface area contributed by atoms with Gasteiger partial charge in [0.2, 0.25) is 0 Å². The molecule has 134 valence electrons. The van der Waals surface area contributed by atoms with Crippen LogP contribution in [0, 0.1) is 12.8 Å². The Bertz CT molecular complexity index is 728. The summed E-state index contributed by atoms with van der Waals surface area (Å²) in [6.07, 6.45) is 1.21. The number of benzene rings is 1. The quantitative estimate of drug-likeness (QED) is 0.566. The minimum Gasteiger partial charge on any atom is -0.371 e. The summed E-state index contributed by atoms with van der Waals surface area (Å²) in [5.74, 6) is 1.52. The Labute approximate surface area is 162 Å². The number of rotatable bonds is 5. The Morgan fingerprint density at radius 1 is 1.32 bits per heavy atom. The molecule has 3 rings (SSSR count). The highest BCUT2D eigenvalue weighted by Gasteiger charge is 2.22. The van der Waals surface area contributed by atoms with Gasteiger partial charge in [0.25, 0.3) is 0 Å². The van der Waals surface area contributed by atoms with E-state index in [2.05, 4.69) is 79.8 Å². The Hall–Kier alpha value is -1.53. The molecule has 0 spiro atoms. The summed E-state index contributed by atoms with van der Waals surface area (Å²) in [6.45, 7) is 6.12. The first kappa shape index (κ1) is 18.3. The number of aliphatic imine (C=N–C) groups is 1. The molecule has 1 aliphatic rings. The van der Waals surface area contributed by atoms with Gasteiger partial charge in [-0.3, -0.25) is 4.99 Å². The fourth-order valence-corrected chi connectivity index (χ4v) is 4.34. The second kappa shape index (κ2) is 8.72. The van der Waals surface area contributed by atoms with Gasteiger partial charge < -0.3 is 15.5 Å². The molecule has 0 aliphatic carbocycles. The van der Waals surface area contributed by atoms with Crippen LogP contribution in [0.3, 0.4) is 0 Å². The molecule has 1 aliphatic heterocycles. The van der Waals surface area contributed by atoms with Crippen LogP contribution >= 0.6 is 27.3 Å². The topological polar surface area (TPSA) is 39.7 Å². The van der Waals surface area contributed by atoms with Crippen LogP contribution in [0.1, 0.15) is 16.2 Å². The summed E-state index contributed by atoms with van der Waals surface area (Å²) in [5.41, 5.74) is 1.30. The lowest BCUT2D eigenvalue weighted by Gasteiger charge is -2.19. The Morgan fingerprint density at radius 2 is 2.20 bits per heavy atom. The van der Waals surface area contributed by atoms with Crippen molar-refractivity contribution in [3.05, 3.63) is 50.6 Å². The summed E-state index contributed by atoms with van der Waals surface area (Å²) >= 11 is 5.39. The van der Waals surface area contributed by atoms with E-state index in [-0.39, 0.29) is 0 Å². The molecule has 0 amide bonds. The lowest BCUT2D eigenvalue weighted by Crippen LogP contribution is -2.39. The average molecular weight is 421 g/mol. The number of anilines is 1. The molecule has 1 fully saturated rings. The normalized spacial score (nSPS) is 17.8. The second-order valence-electron chi connectivity index (χ2n) is 6.40. The second-order valence-corrected chi connectivity index (χ2v) is 8.69. The van der Waals surface area contributed by atoms with Crippen LogP contribution in [0.4, 0.5) is 5.69 Å². The lowest BCUT2D eigenvalue weighted by molar-refractivity contribution is 0.566. The zero-order chi connectivity index (χ0) is 17.6. The number of nitrogens with zero attached hydrogens (tertiary/aromatic N) is 2. The molecule has 0 saturated carbocycles. The van der Waals surface area contributed by atoms with E-state index in [0.29, 0.717) is 5.92 Å². The van der Waals surface area contributed by atoms with Gasteiger partial charge in [-0.05, 0) is 49.6 Å². The molecule has 4 nitrogen and oxygen atoms in total. The van der Waals surface area contributed by atoms with E-state index < -0.39 is 0 Å². The first-order valence-corrected chi connectivity index (χ1v) is 10.3. The summed E-state index contributed by atoms with van der Waals surface area (Å²) < 4.78 is 1.14. The summed E-state index contributed by atoms with van der Waals surface area (Å²) in [5, 5.41) is 6.88. The molecule has 1 aromatic carbocycles. The van der Waals surface area contributed by atoms with Gasteiger partial charge in [0.1, 0.15) is 0 Å². The van der Waals surface area contributed by atoms with Crippen molar-refractivity contribution < 1.29 is 0 Å². The predicted molar refractivity (Wildman–Crippen MR) is 112 cm³/mol. The van der Waals surface area contributed by atoms with Gasteiger partial charge in [0.15, 0.2) is 5.96 Å². The molecule has 2 heterocycles. The van der Waals surface area contributed by atoms with E-state index >= 15 is 0 Å². The average Bonchev–Trinajstić information content (AvgIpc) is 3.24.